The molecule has 0 spiro atoms. The van der Waals surface area contributed by atoms with Gasteiger partial charge in [0.25, 0.3) is 11.5 Å². The molecule has 0 aliphatic carbocycles. The Hall–Kier alpha value is -4.47. The minimum Gasteiger partial charge on any atom is -0.334 e. The average molecular weight is 488 g/mol. The lowest BCUT2D eigenvalue weighted by Crippen LogP contribution is -2.52. The van der Waals surface area contributed by atoms with Crippen LogP contribution in [0.4, 0.5) is 4.79 Å². The minimum absolute atomic E-state index is 0.0763. The molecule has 2 aliphatic heterocycles. The van der Waals surface area contributed by atoms with Gasteiger partial charge in [0.1, 0.15) is 6.04 Å². The number of hydrogen-bond donors (Lipinski definition) is 3. The molecule has 3 aromatic rings. The normalized spacial score (nSPS) is 17.2. The van der Waals surface area contributed by atoms with Crippen LogP contribution in [0.5, 0.6) is 0 Å². The van der Waals surface area contributed by atoms with Crippen molar-refractivity contribution in [2.45, 2.75) is 38.5 Å². The fraction of sp³-hybridized carbons (Fsp3) is 0.269. The molecule has 3 N–H and O–H groups in total. The second kappa shape index (κ2) is 9.29. The maximum Gasteiger partial charge on any atom is 0.315 e. The van der Waals surface area contributed by atoms with Crippen LogP contribution in [0.2, 0.25) is 0 Å². The molecule has 10 nitrogen and oxygen atoms in total. The highest BCUT2D eigenvalue weighted by Gasteiger charge is 2.39. The summed E-state index contributed by atoms with van der Waals surface area (Å²) in [6.07, 6.45) is 0.505. The molecule has 0 radical (unpaired) electrons. The maximum atomic E-state index is 13.0. The second-order valence-corrected chi connectivity index (χ2v) is 9.02. The van der Waals surface area contributed by atoms with Crippen molar-refractivity contribution in [3.05, 3.63) is 81.1 Å². The second-order valence-electron chi connectivity index (χ2n) is 9.02. The highest BCUT2D eigenvalue weighted by molar-refractivity contribution is 6.05. The van der Waals surface area contributed by atoms with Crippen LogP contribution in [0.25, 0.3) is 10.9 Å². The number of amides is 5. The molecule has 2 aromatic carbocycles. The topological polar surface area (TPSA) is 130 Å². The van der Waals surface area contributed by atoms with Crippen molar-refractivity contribution in [1.29, 1.82) is 0 Å². The van der Waals surface area contributed by atoms with E-state index in [0.717, 1.165) is 22.0 Å². The smallest absolute Gasteiger partial charge is 0.315 e. The third-order valence-electron chi connectivity index (χ3n) is 6.69. The summed E-state index contributed by atoms with van der Waals surface area (Å²) in [6.45, 7) is 0.558. The molecule has 36 heavy (non-hydrogen) atoms. The van der Waals surface area contributed by atoms with Crippen LogP contribution in [0.1, 0.15) is 39.9 Å². The van der Waals surface area contributed by atoms with E-state index in [0.29, 0.717) is 24.1 Å². The Bertz CT molecular complexity index is 1480. The zero-order chi connectivity index (χ0) is 25.4. The number of hydrogen-bond acceptors (Lipinski definition) is 5. The van der Waals surface area contributed by atoms with E-state index in [2.05, 4.69) is 16.0 Å². The molecule has 1 unspecified atom stereocenters. The van der Waals surface area contributed by atoms with Crippen molar-refractivity contribution in [3.63, 3.8) is 0 Å². The largest absolute Gasteiger partial charge is 0.334 e. The van der Waals surface area contributed by atoms with Gasteiger partial charge in [-0.05, 0) is 41.1 Å². The molecular weight excluding hydrogens is 462 g/mol. The van der Waals surface area contributed by atoms with Gasteiger partial charge in [0, 0.05) is 44.2 Å². The first kappa shape index (κ1) is 23.3. The first-order chi connectivity index (χ1) is 17.3. The van der Waals surface area contributed by atoms with Gasteiger partial charge < -0.3 is 20.1 Å². The number of carbonyl (C=O) groups excluding carboxylic acids is 4. The number of aromatic nitrogens is 1. The predicted octanol–water partition coefficient (Wildman–Crippen LogP) is 1.30. The SMILES string of the molecule is Cn1c(=O)c(CNC(=O)NCc2ccc3c(c2)C(=O)N(C2CCC(=O)NC2=O)C3)cc2ccccc21. The Morgan fingerprint density at radius 2 is 1.81 bits per heavy atom. The Morgan fingerprint density at radius 3 is 2.61 bits per heavy atom. The van der Waals surface area contributed by atoms with Crippen LogP contribution in [0.15, 0.2) is 53.3 Å². The van der Waals surface area contributed by atoms with Gasteiger partial charge >= 0.3 is 6.03 Å². The molecule has 0 bridgehead atoms. The van der Waals surface area contributed by atoms with Gasteiger partial charge in [-0.2, -0.15) is 0 Å². The summed E-state index contributed by atoms with van der Waals surface area (Å²) >= 11 is 0. The van der Waals surface area contributed by atoms with Crippen LogP contribution in [0, 0.1) is 0 Å². The lowest BCUT2D eigenvalue weighted by Gasteiger charge is -2.29. The first-order valence-electron chi connectivity index (χ1n) is 11.7. The van der Waals surface area contributed by atoms with Crippen LogP contribution >= 0.6 is 0 Å². The Balaban J connectivity index is 1.20. The number of nitrogens with zero attached hydrogens (tertiary/aromatic N) is 2. The van der Waals surface area contributed by atoms with E-state index in [1.165, 1.54) is 4.90 Å². The van der Waals surface area contributed by atoms with Crippen molar-refractivity contribution < 1.29 is 19.2 Å². The lowest BCUT2D eigenvalue weighted by atomic mass is 10.0. The number of piperidine rings is 1. The van der Waals surface area contributed by atoms with Gasteiger partial charge in [-0.15, -0.1) is 0 Å². The fourth-order valence-corrected chi connectivity index (χ4v) is 4.75. The standard InChI is InChI=1S/C26H25N5O5/c1-30-20-5-3-2-4-16(20)11-18(24(30)34)13-28-26(36)27-12-15-6-7-17-14-31(25(35)19(17)10-15)21-8-9-22(32)29-23(21)33/h2-7,10-11,21H,8-9,12-14H2,1H3,(H2,27,28,36)(H,29,32,33). The summed E-state index contributed by atoms with van der Waals surface area (Å²) < 4.78 is 1.56. The molecule has 1 fully saturated rings. The number of carbonyl (C=O) groups is 4. The number of para-hydroxylation sites is 1. The molecule has 3 heterocycles. The van der Waals surface area contributed by atoms with Crippen LogP contribution < -0.4 is 21.5 Å². The molecule has 10 heteroatoms. The highest BCUT2D eigenvalue weighted by atomic mass is 16.2. The van der Waals surface area contributed by atoms with Crippen molar-refractivity contribution in [3.8, 4) is 0 Å². The van der Waals surface area contributed by atoms with Gasteiger partial charge in [-0.25, -0.2) is 4.79 Å². The quantitative estimate of drug-likeness (QED) is 0.467. The summed E-state index contributed by atoms with van der Waals surface area (Å²) in [5.41, 5.74) is 3.13. The van der Waals surface area contributed by atoms with Crippen LogP contribution in [-0.2, 0) is 36.3 Å². The van der Waals surface area contributed by atoms with Gasteiger partial charge in [0.05, 0.1) is 5.52 Å². The number of imide groups is 1. The summed E-state index contributed by atoms with van der Waals surface area (Å²) in [5, 5.41) is 8.66. The number of aryl methyl sites for hydroxylation is 1. The average Bonchev–Trinajstić information content (AvgIpc) is 3.19. The van der Waals surface area contributed by atoms with Gasteiger partial charge in [0.2, 0.25) is 11.8 Å². The molecule has 2 aliphatic rings. The number of fused-ring (bicyclic) bond motifs is 2. The molecule has 0 saturated carbocycles. The zero-order valence-electron chi connectivity index (χ0n) is 19.7. The van der Waals surface area contributed by atoms with Crippen LogP contribution in [0.3, 0.4) is 0 Å². The van der Waals surface area contributed by atoms with E-state index in [1.807, 2.05) is 36.4 Å². The number of pyridine rings is 1. The summed E-state index contributed by atoms with van der Waals surface area (Å²) in [5.74, 6) is -1.04. The van der Waals surface area contributed by atoms with Crippen molar-refractivity contribution >= 4 is 34.7 Å². The monoisotopic (exact) mass is 487 g/mol. The first-order valence-corrected chi connectivity index (χ1v) is 11.7. The van der Waals surface area contributed by atoms with Gasteiger partial charge in [0.15, 0.2) is 0 Å². The summed E-state index contributed by atoms with van der Waals surface area (Å²) in [7, 11) is 1.70. The summed E-state index contributed by atoms with van der Waals surface area (Å²) in [6, 6.07) is 13.5. The third kappa shape index (κ3) is 4.33. The van der Waals surface area contributed by atoms with E-state index in [9.17, 15) is 24.0 Å². The summed E-state index contributed by atoms with van der Waals surface area (Å²) in [4.78, 5) is 63.1. The zero-order valence-corrected chi connectivity index (χ0v) is 19.7. The maximum absolute atomic E-state index is 13.0. The molecule has 184 valence electrons. The fourth-order valence-electron chi connectivity index (χ4n) is 4.75. The van der Waals surface area contributed by atoms with E-state index < -0.39 is 18.0 Å². The molecule has 1 saturated heterocycles. The Labute approximate surface area is 206 Å². The molecule has 5 amide bonds. The number of rotatable bonds is 5. The molecule has 5 rings (SSSR count). The van der Waals surface area contributed by atoms with Crippen molar-refractivity contribution in [2.75, 3.05) is 0 Å². The van der Waals surface area contributed by atoms with E-state index >= 15 is 0 Å². The van der Waals surface area contributed by atoms with E-state index in [-0.39, 0.29) is 36.9 Å². The predicted molar refractivity (Wildman–Crippen MR) is 131 cm³/mol. The van der Waals surface area contributed by atoms with Crippen LogP contribution in [-0.4, -0.2) is 39.3 Å². The Kier molecular flexibility index (Phi) is 6.01. The number of urea groups is 1. The molecule has 1 atom stereocenters. The number of nitrogens with one attached hydrogen (secondary N) is 3. The van der Waals surface area contributed by atoms with Gasteiger partial charge in [-0.1, -0.05) is 30.3 Å². The lowest BCUT2D eigenvalue weighted by molar-refractivity contribution is -0.136. The molecular formula is C26H25N5O5. The van der Waals surface area contributed by atoms with Gasteiger partial charge in [-0.3, -0.25) is 24.5 Å². The minimum atomic E-state index is -0.669. The number of benzene rings is 2. The van der Waals surface area contributed by atoms with Crippen molar-refractivity contribution in [1.82, 2.24) is 25.4 Å². The van der Waals surface area contributed by atoms with E-state index in [4.69, 9.17) is 0 Å². The van der Waals surface area contributed by atoms with E-state index in [1.54, 1.807) is 23.7 Å². The Morgan fingerprint density at radius 1 is 1.03 bits per heavy atom. The molecule has 1 aromatic heterocycles. The van der Waals surface area contributed by atoms with Crippen molar-refractivity contribution in [2.24, 2.45) is 7.05 Å². The third-order valence-corrected chi connectivity index (χ3v) is 6.69. The highest BCUT2D eigenvalue weighted by Crippen LogP contribution is 2.28.